The maximum atomic E-state index is 12.8. The standard InChI is InChI=1S/C10H7BrFNO2/c11-9-3-8(12)1-2-10(9)14-5-7-4-13-15-6-7/h1-4,6H,5H2. The molecule has 3 nitrogen and oxygen atoms in total. The lowest BCUT2D eigenvalue weighted by Crippen LogP contribution is -1.94. The van der Waals surface area contributed by atoms with Crippen molar-refractivity contribution in [1.29, 1.82) is 0 Å². The molecule has 5 heteroatoms. The Bertz CT molecular complexity index is 445. The summed E-state index contributed by atoms with van der Waals surface area (Å²) in [5, 5.41) is 3.54. The molecule has 0 saturated heterocycles. The summed E-state index contributed by atoms with van der Waals surface area (Å²) in [4.78, 5) is 0. The van der Waals surface area contributed by atoms with Gasteiger partial charge in [-0.25, -0.2) is 4.39 Å². The molecule has 0 bridgehead atoms. The molecule has 0 radical (unpaired) electrons. The van der Waals surface area contributed by atoms with Crippen molar-refractivity contribution in [3.8, 4) is 5.75 Å². The number of nitrogens with zero attached hydrogens (tertiary/aromatic N) is 1. The molecular formula is C10H7BrFNO2. The molecule has 0 fully saturated rings. The topological polar surface area (TPSA) is 35.3 Å². The molecule has 1 aromatic heterocycles. The molecule has 0 amide bonds. The van der Waals surface area contributed by atoms with Crippen LogP contribution in [0.5, 0.6) is 5.75 Å². The van der Waals surface area contributed by atoms with Crippen LogP contribution in [0.1, 0.15) is 5.56 Å². The van der Waals surface area contributed by atoms with Gasteiger partial charge in [0.15, 0.2) is 0 Å². The third-order valence-corrected chi connectivity index (χ3v) is 2.39. The molecule has 0 aliphatic rings. The summed E-state index contributed by atoms with van der Waals surface area (Å²) in [6, 6.07) is 4.25. The van der Waals surface area contributed by atoms with Crippen molar-refractivity contribution < 1.29 is 13.7 Å². The highest BCUT2D eigenvalue weighted by molar-refractivity contribution is 9.10. The predicted octanol–water partition coefficient (Wildman–Crippen LogP) is 3.16. The van der Waals surface area contributed by atoms with Gasteiger partial charge in [-0.2, -0.15) is 0 Å². The molecule has 0 aliphatic carbocycles. The van der Waals surface area contributed by atoms with E-state index in [-0.39, 0.29) is 5.82 Å². The lowest BCUT2D eigenvalue weighted by atomic mass is 10.3. The van der Waals surface area contributed by atoms with Gasteiger partial charge >= 0.3 is 0 Å². The van der Waals surface area contributed by atoms with Crippen molar-refractivity contribution in [2.24, 2.45) is 0 Å². The summed E-state index contributed by atoms with van der Waals surface area (Å²) < 4.78 is 23.4. The van der Waals surface area contributed by atoms with Crippen LogP contribution in [0.4, 0.5) is 4.39 Å². The first-order valence-corrected chi connectivity index (χ1v) is 5.01. The van der Waals surface area contributed by atoms with E-state index >= 15 is 0 Å². The van der Waals surface area contributed by atoms with Gasteiger partial charge in [0.05, 0.1) is 10.7 Å². The summed E-state index contributed by atoms with van der Waals surface area (Å²) in [7, 11) is 0. The first-order chi connectivity index (χ1) is 7.25. The second-order valence-electron chi connectivity index (χ2n) is 2.90. The maximum absolute atomic E-state index is 12.8. The normalized spacial score (nSPS) is 10.3. The van der Waals surface area contributed by atoms with E-state index in [0.717, 1.165) is 5.56 Å². The molecule has 0 aliphatic heterocycles. The number of rotatable bonds is 3. The average Bonchev–Trinajstić information content (AvgIpc) is 2.69. The Balaban J connectivity index is 2.05. The molecule has 0 unspecified atom stereocenters. The van der Waals surface area contributed by atoms with Crippen LogP contribution in [-0.4, -0.2) is 5.16 Å². The van der Waals surface area contributed by atoms with Gasteiger partial charge in [0.25, 0.3) is 0 Å². The van der Waals surface area contributed by atoms with Crippen LogP contribution >= 0.6 is 15.9 Å². The summed E-state index contributed by atoms with van der Waals surface area (Å²) in [6.07, 6.45) is 3.06. The number of hydrogen-bond donors (Lipinski definition) is 0. The minimum absolute atomic E-state index is 0.306. The zero-order valence-corrected chi connectivity index (χ0v) is 9.20. The zero-order valence-electron chi connectivity index (χ0n) is 7.61. The lowest BCUT2D eigenvalue weighted by molar-refractivity contribution is 0.302. The van der Waals surface area contributed by atoms with Gasteiger partial charge in [-0.1, -0.05) is 5.16 Å². The number of halogens is 2. The first-order valence-electron chi connectivity index (χ1n) is 4.22. The van der Waals surface area contributed by atoms with Gasteiger partial charge in [0.2, 0.25) is 0 Å². The van der Waals surface area contributed by atoms with Gasteiger partial charge in [0.1, 0.15) is 24.4 Å². The molecule has 0 atom stereocenters. The van der Waals surface area contributed by atoms with Crippen molar-refractivity contribution in [2.45, 2.75) is 6.61 Å². The SMILES string of the molecule is Fc1ccc(OCc2cnoc2)c(Br)c1. The van der Waals surface area contributed by atoms with E-state index in [2.05, 4.69) is 25.6 Å². The van der Waals surface area contributed by atoms with Gasteiger partial charge in [-0.3, -0.25) is 0 Å². The van der Waals surface area contributed by atoms with Crippen LogP contribution in [-0.2, 0) is 6.61 Å². The molecule has 15 heavy (non-hydrogen) atoms. The monoisotopic (exact) mass is 271 g/mol. The Morgan fingerprint density at radius 2 is 2.33 bits per heavy atom. The van der Waals surface area contributed by atoms with E-state index in [4.69, 9.17) is 4.74 Å². The minimum Gasteiger partial charge on any atom is -0.488 e. The summed E-state index contributed by atoms with van der Waals surface area (Å²) in [5.41, 5.74) is 0.825. The molecule has 0 saturated carbocycles. The van der Waals surface area contributed by atoms with Gasteiger partial charge < -0.3 is 9.26 Å². The minimum atomic E-state index is -0.306. The third kappa shape index (κ3) is 2.56. The van der Waals surface area contributed by atoms with Crippen LogP contribution in [0, 0.1) is 5.82 Å². The van der Waals surface area contributed by atoms with Crippen LogP contribution in [0.25, 0.3) is 0 Å². The number of aromatic nitrogens is 1. The Kier molecular flexibility index (Phi) is 3.01. The van der Waals surface area contributed by atoms with E-state index in [1.165, 1.54) is 18.4 Å². The van der Waals surface area contributed by atoms with E-state index in [1.54, 1.807) is 12.3 Å². The fourth-order valence-corrected chi connectivity index (χ4v) is 1.52. The maximum Gasteiger partial charge on any atom is 0.134 e. The second kappa shape index (κ2) is 4.44. The lowest BCUT2D eigenvalue weighted by Gasteiger charge is -2.05. The van der Waals surface area contributed by atoms with Crippen LogP contribution < -0.4 is 4.74 Å². The van der Waals surface area contributed by atoms with Crippen molar-refractivity contribution in [3.63, 3.8) is 0 Å². The van der Waals surface area contributed by atoms with Gasteiger partial charge in [0, 0.05) is 5.56 Å². The Labute approximate surface area is 94.0 Å². The quantitative estimate of drug-likeness (QED) is 0.860. The summed E-state index contributed by atoms with van der Waals surface area (Å²) in [6.45, 7) is 0.341. The fourth-order valence-electron chi connectivity index (χ4n) is 1.05. The number of benzene rings is 1. The first kappa shape index (κ1) is 10.2. The van der Waals surface area contributed by atoms with E-state index in [1.807, 2.05) is 0 Å². The molecule has 1 heterocycles. The highest BCUT2D eigenvalue weighted by Crippen LogP contribution is 2.26. The largest absolute Gasteiger partial charge is 0.488 e. The molecule has 0 N–H and O–H groups in total. The van der Waals surface area contributed by atoms with Crippen molar-refractivity contribution in [3.05, 3.63) is 46.5 Å². The fraction of sp³-hybridized carbons (Fsp3) is 0.100. The van der Waals surface area contributed by atoms with E-state index in [9.17, 15) is 4.39 Å². The van der Waals surface area contributed by atoms with Crippen LogP contribution in [0.2, 0.25) is 0 Å². The number of hydrogen-bond acceptors (Lipinski definition) is 3. The Morgan fingerprint density at radius 1 is 1.47 bits per heavy atom. The molecule has 1 aromatic carbocycles. The van der Waals surface area contributed by atoms with Gasteiger partial charge in [-0.15, -0.1) is 0 Å². The predicted molar refractivity (Wildman–Crippen MR) is 54.9 cm³/mol. The van der Waals surface area contributed by atoms with Crippen LogP contribution in [0.3, 0.4) is 0 Å². The van der Waals surface area contributed by atoms with Crippen molar-refractivity contribution in [2.75, 3.05) is 0 Å². The molecule has 2 aromatic rings. The highest BCUT2D eigenvalue weighted by Gasteiger charge is 2.03. The molecule has 0 spiro atoms. The summed E-state index contributed by atoms with van der Waals surface area (Å²) >= 11 is 3.21. The van der Waals surface area contributed by atoms with Crippen LogP contribution in [0.15, 0.2) is 39.7 Å². The summed E-state index contributed by atoms with van der Waals surface area (Å²) in [5.74, 6) is 0.275. The van der Waals surface area contributed by atoms with Crippen molar-refractivity contribution >= 4 is 15.9 Å². The second-order valence-corrected chi connectivity index (χ2v) is 3.75. The van der Waals surface area contributed by atoms with E-state index in [0.29, 0.717) is 16.8 Å². The zero-order chi connectivity index (χ0) is 10.7. The Morgan fingerprint density at radius 3 is 3.00 bits per heavy atom. The molecule has 78 valence electrons. The van der Waals surface area contributed by atoms with Gasteiger partial charge in [-0.05, 0) is 34.1 Å². The van der Waals surface area contributed by atoms with Crippen molar-refractivity contribution in [1.82, 2.24) is 5.16 Å². The molecule has 2 rings (SSSR count). The number of ether oxygens (including phenoxy) is 1. The molecular weight excluding hydrogens is 265 g/mol. The average molecular weight is 272 g/mol. The van der Waals surface area contributed by atoms with E-state index < -0.39 is 0 Å². The highest BCUT2D eigenvalue weighted by atomic mass is 79.9. The smallest absolute Gasteiger partial charge is 0.134 e. The third-order valence-electron chi connectivity index (χ3n) is 1.77. The Hall–Kier alpha value is -1.36.